The fraction of sp³-hybridized carbons (Fsp3) is 0.789. The van der Waals surface area contributed by atoms with Crippen molar-refractivity contribution in [1.29, 1.82) is 0 Å². The maximum Gasteiger partial charge on any atom is 0.222 e. The largest absolute Gasteiger partial charge is 0.392 e. The van der Waals surface area contributed by atoms with Crippen molar-refractivity contribution < 1.29 is 14.6 Å². The normalized spacial score (nSPS) is 27.8. The first kappa shape index (κ1) is 17.0. The smallest absolute Gasteiger partial charge is 0.222 e. The first-order valence-corrected chi connectivity index (χ1v) is 9.67. The third kappa shape index (κ3) is 2.89. The lowest BCUT2D eigenvalue weighted by molar-refractivity contribution is -0.202. The van der Waals surface area contributed by atoms with E-state index in [0.717, 1.165) is 57.3 Å². The van der Waals surface area contributed by atoms with E-state index < -0.39 is 0 Å². The van der Waals surface area contributed by atoms with E-state index in [4.69, 9.17) is 4.74 Å². The van der Waals surface area contributed by atoms with Gasteiger partial charge in [0.05, 0.1) is 17.9 Å². The summed E-state index contributed by atoms with van der Waals surface area (Å²) in [6.45, 7) is 1.46. The number of hydrogen-bond donors (Lipinski definition) is 2. The highest BCUT2D eigenvalue weighted by Crippen LogP contribution is 2.50. The molecule has 0 radical (unpaired) electrons. The zero-order valence-corrected chi connectivity index (χ0v) is 15.1. The van der Waals surface area contributed by atoms with Crippen LogP contribution in [0.15, 0.2) is 0 Å². The van der Waals surface area contributed by atoms with Crippen LogP contribution in [0.1, 0.15) is 55.5 Å². The number of piperidine rings is 1. The summed E-state index contributed by atoms with van der Waals surface area (Å²) in [6.07, 6.45) is 8.20. The number of amides is 1. The minimum absolute atomic E-state index is 0.118. The molecule has 6 heteroatoms. The summed E-state index contributed by atoms with van der Waals surface area (Å²) in [6, 6.07) is 0. The number of hydrogen-bond acceptors (Lipinski definition) is 4. The number of nitrogens with one attached hydrogen (secondary N) is 1. The number of aromatic amines is 1. The van der Waals surface area contributed by atoms with Crippen molar-refractivity contribution in [2.45, 2.75) is 70.0 Å². The number of rotatable bonds is 4. The Kier molecular flexibility index (Phi) is 4.58. The predicted octanol–water partition coefficient (Wildman–Crippen LogP) is 1.61. The van der Waals surface area contributed by atoms with Crippen molar-refractivity contribution in [1.82, 2.24) is 15.1 Å². The molecule has 138 valence electrons. The first-order valence-electron chi connectivity index (χ1n) is 9.67. The van der Waals surface area contributed by atoms with Crippen molar-refractivity contribution >= 4 is 5.91 Å². The summed E-state index contributed by atoms with van der Waals surface area (Å²) in [7, 11) is 1.72. The number of aliphatic hydroxyl groups excluding tert-OH is 1. The Bertz CT molecular complexity index is 634. The third-order valence-corrected chi connectivity index (χ3v) is 6.79. The summed E-state index contributed by atoms with van der Waals surface area (Å²) >= 11 is 0. The number of nitrogens with zero attached hydrogens (tertiary/aromatic N) is 2. The maximum atomic E-state index is 12.6. The second-order valence-electron chi connectivity index (χ2n) is 7.92. The van der Waals surface area contributed by atoms with Gasteiger partial charge in [-0.05, 0) is 44.1 Å². The molecule has 0 aromatic carbocycles. The van der Waals surface area contributed by atoms with E-state index in [0.29, 0.717) is 6.42 Å². The highest BCUT2D eigenvalue weighted by molar-refractivity contribution is 5.76. The van der Waals surface area contributed by atoms with Crippen molar-refractivity contribution in [2.75, 3.05) is 20.2 Å². The Morgan fingerprint density at radius 1 is 1.36 bits per heavy atom. The lowest BCUT2D eigenvalue weighted by Gasteiger charge is -2.56. The van der Waals surface area contributed by atoms with Gasteiger partial charge in [0.1, 0.15) is 0 Å². The molecule has 2 atom stereocenters. The summed E-state index contributed by atoms with van der Waals surface area (Å²) in [5.74, 6) is 0.213. The van der Waals surface area contributed by atoms with Crippen molar-refractivity contribution in [3.05, 3.63) is 17.0 Å². The van der Waals surface area contributed by atoms with Gasteiger partial charge >= 0.3 is 0 Å². The molecule has 1 aliphatic heterocycles. The van der Waals surface area contributed by atoms with Gasteiger partial charge in [-0.1, -0.05) is 0 Å². The number of aromatic nitrogens is 2. The van der Waals surface area contributed by atoms with Crippen LogP contribution in [-0.4, -0.2) is 58.5 Å². The number of fused-ring (bicyclic) bond motifs is 1. The van der Waals surface area contributed by atoms with E-state index in [-0.39, 0.29) is 23.5 Å². The summed E-state index contributed by atoms with van der Waals surface area (Å²) in [5, 5.41) is 17.8. The molecule has 2 heterocycles. The Morgan fingerprint density at radius 3 is 2.84 bits per heavy atom. The lowest BCUT2D eigenvalue weighted by Crippen LogP contribution is -2.62. The molecule has 1 aromatic rings. The Morgan fingerprint density at radius 2 is 2.12 bits per heavy atom. The van der Waals surface area contributed by atoms with Gasteiger partial charge < -0.3 is 14.7 Å². The molecule has 2 N–H and O–H groups in total. The quantitative estimate of drug-likeness (QED) is 0.867. The molecule has 1 saturated heterocycles. The molecular formula is C19H29N3O3. The number of carbonyl (C=O) groups is 1. The molecule has 4 rings (SSSR count). The van der Waals surface area contributed by atoms with Crippen LogP contribution in [0.5, 0.6) is 0 Å². The van der Waals surface area contributed by atoms with Gasteiger partial charge in [0.2, 0.25) is 5.91 Å². The van der Waals surface area contributed by atoms with Crippen LogP contribution >= 0.6 is 0 Å². The van der Waals surface area contributed by atoms with Gasteiger partial charge in [-0.3, -0.25) is 9.89 Å². The molecule has 2 aliphatic carbocycles. The SMILES string of the molecule is CO[C@@H]1C[C@H](O)C12CCN(C(=O)CCc1n[nH]c3c1CCCC3)CC2. The highest BCUT2D eigenvalue weighted by Gasteiger charge is 2.56. The van der Waals surface area contributed by atoms with Crippen LogP contribution in [0.3, 0.4) is 0 Å². The third-order valence-electron chi connectivity index (χ3n) is 6.79. The van der Waals surface area contributed by atoms with Gasteiger partial charge in [-0.2, -0.15) is 5.10 Å². The second kappa shape index (κ2) is 6.72. The summed E-state index contributed by atoms with van der Waals surface area (Å²) in [4.78, 5) is 14.6. The first-order chi connectivity index (χ1) is 12.1. The van der Waals surface area contributed by atoms with E-state index >= 15 is 0 Å². The summed E-state index contributed by atoms with van der Waals surface area (Å²) in [5.41, 5.74) is 3.60. The fourth-order valence-corrected chi connectivity index (χ4v) is 5.02. The van der Waals surface area contributed by atoms with Gasteiger partial charge in [0.25, 0.3) is 0 Å². The minimum Gasteiger partial charge on any atom is -0.392 e. The molecular weight excluding hydrogens is 318 g/mol. The second-order valence-corrected chi connectivity index (χ2v) is 7.92. The Balaban J connectivity index is 1.30. The average molecular weight is 347 g/mol. The number of methoxy groups -OCH3 is 1. The van der Waals surface area contributed by atoms with Crippen molar-refractivity contribution in [2.24, 2.45) is 5.41 Å². The number of carbonyl (C=O) groups excluding carboxylic acids is 1. The molecule has 6 nitrogen and oxygen atoms in total. The molecule has 3 aliphatic rings. The van der Waals surface area contributed by atoms with Crippen LogP contribution < -0.4 is 0 Å². The zero-order chi connectivity index (χ0) is 17.4. The Labute approximate surface area is 148 Å². The van der Waals surface area contributed by atoms with Crippen LogP contribution in [0.4, 0.5) is 0 Å². The zero-order valence-electron chi connectivity index (χ0n) is 15.1. The van der Waals surface area contributed by atoms with Gasteiger partial charge in [-0.15, -0.1) is 0 Å². The summed E-state index contributed by atoms with van der Waals surface area (Å²) < 4.78 is 5.52. The van der Waals surface area contributed by atoms with Gasteiger partial charge in [-0.25, -0.2) is 0 Å². The molecule has 25 heavy (non-hydrogen) atoms. The van der Waals surface area contributed by atoms with E-state index in [9.17, 15) is 9.90 Å². The molecule has 1 spiro atoms. The predicted molar refractivity (Wildman–Crippen MR) is 93.2 cm³/mol. The topological polar surface area (TPSA) is 78.5 Å². The standard InChI is InChI=1S/C19H29N3O3/c1-25-17-12-16(23)19(17)8-10-22(11-9-19)18(24)7-6-15-13-4-2-3-5-14(13)20-21-15/h16-17,23H,2-12H2,1H3,(H,20,21)/t16-,17+/m0/s1. The monoisotopic (exact) mass is 347 g/mol. The number of aryl methyl sites for hydroxylation is 2. The van der Waals surface area contributed by atoms with Gasteiger partial charge in [0, 0.05) is 50.6 Å². The van der Waals surface area contributed by atoms with Crippen LogP contribution in [0, 0.1) is 5.41 Å². The van der Waals surface area contributed by atoms with E-state index in [1.165, 1.54) is 24.1 Å². The average Bonchev–Trinajstić information content (AvgIpc) is 3.07. The fourth-order valence-electron chi connectivity index (χ4n) is 5.02. The van der Waals surface area contributed by atoms with Crippen LogP contribution in [0.2, 0.25) is 0 Å². The number of ether oxygens (including phenoxy) is 1. The van der Waals surface area contributed by atoms with Gasteiger partial charge in [0.15, 0.2) is 0 Å². The maximum absolute atomic E-state index is 12.6. The number of H-pyrrole nitrogens is 1. The number of likely N-dealkylation sites (tertiary alicyclic amines) is 1. The molecule has 1 aromatic heterocycles. The molecule has 1 amide bonds. The van der Waals surface area contributed by atoms with Crippen LogP contribution in [-0.2, 0) is 28.8 Å². The minimum atomic E-state index is -0.273. The van der Waals surface area contributed by atoms with E-state index in [1.54, 1.807) is 7.11 Å². The molecule has 1 saturated carbocycles. The van der Waals surface area contributed by atoms with Crippen molar-refractivity contribution in [3.63, 3.8) is 0 Å². The molecule has 2 fully saturated rings. The molecule has 0 bridgehead atoms. The van der Waals surface area contributed by atoms with E-state index in [2.05, 4.69) is 10.2 Å². The Hall–Kier alpha value is -1.40. The lowest BCUT2D eigenvalue weighted by atomic mass is 9.58. The van der Waals surface area contributed by atoms with Crippen LogP contribution in [0.25, 0.3) is 0 Å². The molecule has 0 unspecified atom stereocenters. The van der Waals surface area contributed by atoms with E-state index in [1.807, 2.05) is 4.90 Å². The van der Waals surface area contributed by atoms with Crippen molar-refractivity contribution in [3.8, 4) is 0 Å². The highest BCUT2D eigenvalue weighted by atomic mass is 16.5. The number of aliphatic hydroxyl groups is 1.